The van der Waals surface area contributed by atoms with Gasteiger partial charge < -0.3 is 5.32 Å². The smallest absolute Gasteiger partial charge is 0.0897 e. The van der Waals surface area contributed by atoms with Gasteiger partial charge in [-0.15, -0.1) is 11.3 Å². The molecule has 0 aliphatic heterocycles. The zero-order valence-electron chi connectivity index (χ0n) is 10.5. The van der Waals surface area contributed by atoms with E-state index in [4.69, 9.17) is 0 Å². The predicted molar refractivity (Wildman–Crippen MR) is 69.9 cm³/mol. The molecule has 16 heavy (non-hydrogen) atoms. The average molecular weight is 238 g/mol. The fraction of sp³-hybridized carbons (Fsp3) is 0.769. The summed E-state index contributed by atoms with van der Waals surface area (Å²) in [5, 5.41) is 4.96. The van der Waals surface area contributed by atoms with Gasteiger partial charge in [-0.3, -0.25) is 0 Å². The first-order valence-corrected chi connectivity index (χ1v) is 7.11. The standard InChI is InChI=1S/C13H22N2S/c1-10(12-9-14-11(2)16-12)15-13(3)7-5-4-6-8-13/h9-10,15H,4-8H2,1-3H3. The number of nitrogens with zero attached hydrogens (tertiary/aromatic N) is 1. The largest absolute Gasteiger partial charge is 0.304 e. The van der Waals surface area contributed by atoms with Crippen LogP contribution < -0.4 is 5.32 Å². The highest BCUT2D eigenvalue weighted by atomic mass is 32.1. The van der Waals surface area contributed by atoms with Crippen LogP contribution in [0.2, 0.25) is 0 Å². The lowest BCUT2D eigenvalue weighted by Gasteiger charge is -2.37. The van der Waals surface area contributed by atoms with Crippen LogP contribution in [0.4, 0.5) is 0 Å². The van der Waals surface area contributed by atoms with Crippen molar-refractivity contribution in [2.45, 2.75) is 64.5 Å². The van der Waals surface area contributed by atoms with Gasteiger partial charge in [0, 0.05) is 22.7 Å². The van der Waals surface area contributed by atoms with Gasteiger partial charge in [0.25, 0.3) is 0 Å². The Kier molecular flexibility index (Phi) is 3.65. The van der Waals surface area contributed by atoms with Gasteiger partial charge in [0.1, 0.15) is 0 Å². The Morgan fingerprint density at radius 1 is 1.38 bits per heavy atom. The monoisotopic (exact) mass is 238 g/mol. The summed E-state index contributed by atoms with van der Waals surface area (Å²) >= 11 is 1.81. The second-order valence-corrected chi connectivity index (χ2v) is 6.54. The van der Waals surface area contributed by atoms with Crippen molar-refractivity contribution in [1.82, 2.24) is 10.3 Å². The maximum atomic E-state index is 4.33. The predicted octanol–water partition coefficient (Wildman–Crippen LogP) is 3.82. The molecule has 1 aromatic rings. The Balaban J connectivity index is 1.98. The third kappa shape index (κ3) is 2.83. The van der Waals surface area contributed by atoms with Crippen LogP contribution in [-0.4, -0.2) is 10.5 Å². The quantitative estimate of drug-likeness (QED) is 0.866. The summed E-state index contributed by atoms with van der Waals surface area (Å²) in [6.45, 7) is 6.70. The third-order valence-corrected chi connectivity index (χ3v) is 4.68. The normalized spacial score (nSPS) is 21.9. The zero-order chi connectivity index (χ0) is 11.6. The molecule has 1 unspecified atom stereocenters. The van der Waals surface area contributed by atoms with E-state index in [-0.39, 0.29) is 0 Å². The van der Waals surface area contributed by atoms with Crippen molar-refractivity contribution < 1.29 is 0 Å². The van der Waals surface area contributed by atoms with E-state index >= 15 is 0 Å². The summed E-state index contributed by atoms with van der Waals surface area (Å²) in [5.74, 6) is 0. The topological polar surface area (TPSA) is 24.9 Å². The SMILES string of the molecule is Cc1ncc(C(C)NC2(C)CCCCC2)s1. The molecule has 2 nitrogen and oxygen atoms in total. The summed E-state index contributed by atoms with van der Waals surface area (Å²) in [6, 6.07) is 0.439. The molecule has 2 rings (SSSR count). The molecule has 0 saturated heterocycles. The minimum absolute atomic E-state index is 0.343. The van der Waals surface area contributed by atoms with Gasteiger partial charge in [0.15, 0.2) is 0 Å². The van der Waals surface area contributed by atoms with Crippen LogP contribution in [0.5, 0.6) is 0 Å². The van der Waals surface area contributed by atoms with Gasteiger partial charge in [-0.1, -0.05) is 19.3 Å². The first-order chi connectivity index (χ1) is 7.59. The molecular weight excluding hydrogens is 216 g/mol. The summed E-state index contributed by atoms with van der Waals surface area (Å²) in [4.78, 5) is 5.70. The van der Waals surface area contributed by atoms with Gasteiger partial charge in [0.2, 0.25) is 0 Å². The van der Waals surface area contributed by atoms with E-state index in [0.717, 1.165) is 5.01 Å². The summed E-state index contributed by atoms with van der Waals surface area (Å²) in [7, 11) is 0. The van der Waals surface area contributed by atoms with Crippen molar-refractivity contribution in [3.63, 3.8) is 0 Å². The van der Waals surface area contributed by atoms with Crippen molar-refractivity contribution in [2.75, 3.05) is 0 Å². The fourth-order valence-corrected chi connectivity index (χ4v) is 3.44. The lowest BCUT2D eigenvalue weighted by molar-refractivity contribution is 0.234. The number of hydrogen-bond acceptors (Lipinski definition) is 3. The van der Waals surface area contributed by atoms with Crippen molar-refractivity contribution in [3.8, 4) is 0 Å². The molecule has 1 heterocycles. The van der Waals surface area contributed by atoms with Crippen molar-refractivity contribution in [2.24, 2.45) is 0 Å². The number of rotatable bonds is 3. The highest BCUT2D eigenvalue weighted by Gasteiger charge is 2.28. The molecule has 0 aromatic carbocycles. The van der Waals surface area contributed by atoms with Crippen molar-refractivity contribution >= 4 is 11.3 Å². The van der Waals surface area contributed by atoms with Crippen LogP contribution in [0.3, 0.4) is 0 Å². The lowest BCUT2D eigenvalue weighted by Crippen LogP contribution is -2.44. The molecule has 1 aliphatic rings. The number of thiazole rings is 1. The molecule has 0 radical (unpaired) electrons. The van der Waals surface area contributed by atoms with Crippen LogP contribution >= 0.6 is 11.3 Å². The molecule has 1 aromatic heterocycles. The van der Waals surface area contributed by atoms with E-state index in [2.05, 4.69) is 31.1 Å². The van der Waals surface area contributed by atoms with Gasteiger partial charge in [-0.25, -0.2) is 4.98 Å². The minimum Gasteiger partial charge on any atom is -0.304 e. The van der Waals surface area contributed by atoms with E-state index in [1.165, 1.54) is 37.0 Å². The number of hydrogen-bond donors (Lipinski definition) is 1. The molecule has 1 saturated carbocycles. The summed E-state index contributed by atoms with van der Waals surface area (Å²) in [6.07, 6.45) is 8.80. The summed E-state index contributed by atoms with van der Waals surface area (Å²) < 4.78 is 0. The van der Waals surface area contributed by atoms with Crippen LogP contribution in [0.15, 0.2) is 6.20 Å². The molecule has 0 bridgehead atoms. The molecule has 3 heteroatoms. The van der Waals surface area contributed by atoms with Gasteiger partial charge in [0.05, 0.1) is 5.01 Å². The van der Waals surface area contributed by atoms with Crippen molar-refractivity contribution in [3.05, 3.63) is 16.1 Å². The van der Waals surface area contributed by atoms with E-state index < -0.39 is 0 Å². The highest BCUT2D eigenvalue weighted by molar-refractivity contribution is 7.11. The average Bonchev–Trinajstić information content (AvgIpc) is 2.65. The van der Waals surface area contributed by atoms with Crippen LogP contribution in [0.1, 0.15) is 61.9 Å². The lowest BCUT2D eigenvalue weighted by atomic mass is 9.83. The second-order valence-electron chi connectivity index (χ2n) is 5.27. The van der Waals surface area contributed by atoms with Crippen LogP contribution in [0.25, 0.3) is 0 Å². The van der Waals surface area contributed by atoms with Crippen LogP contribution in [0, 0.1) is 6.92 Å². The number of aromatic nitrogens is 1. The molecule has 0 amide bonds. The first-order valence-electron chi connectivity index (χ1n) is 6.29. The van der Waals surface area contributed by atoms with E-state index in [1.54, 1.807) is 0 Å². The van der Waals surface area contributed by atoms with Crippen LogP contribution in [-0.2, 0) is 0 Å². The molecule has 1 atom stereocenters. The minimum atomic E-state index is 0.343. The molecule has 90 valence electrons. The summed E-state index contributed by atoms with van der Waals surface area (Å²) in [5.41, 5.74) is 0.343. The van der Waals surface area contributed by atoms with E-state index in [1.807, 2.05) is 17.5 Å². The Hall–Kier alpha value is -0.410. The fourth-order valence-electron chi connectivity index (χ4n) is 2.65. The van der Waals surface area contributed by atoms with Crippen molar-refractivity contribution in [1.29, 1.82) is 0 Å². The molecule has 0 spiro atoms. The number of aryl methyl sites for hydroxylation is 1. The highest BCUT2D eigenvalue weighted by Crippen LogP contribution is 2.31. The third-order valence-electron chi connectivity index (χ3n) is 3.59. The molecule has 1 fully saturated rings. The van der Waals surface area contributed by atoms with Gasteiger partial charge >= 0.3 is 0 Å². The Morgan fingerprint density at radius 2 is 2.06 bits per heavy atom. The van der Waals surface area contributed by atoms with E-state index in [9.17, 15) is 0 Å². The van der Waals surface area contributed by atoms with E-state index in [0.29, 0.717) is 11.6 Å². The first kappa shape index (κ1) is 12.1. The Labute approximate surface area is 102 Å². The number of nitrogens with one attached hydrogen (secondary N) is 1. The maximum absolute atomic E-state index is 4.33. The molecule has 1 N–H and O–H groups in total. The Morgan fingerprint density at radius 3 is 2.62 bits per heavy atom. The van der Waals surface area contributed by atoms with Gasteiger partial charge in [-0.05, 0) is 33.6 Å². The molecule has 1 aliphatic carbocycles. The van der Waals surface area contributed by atoms with Gasteiger partial charge in [-0.2, -0.15) is 0 Å². The Bertz CT molecular complexity index is 339. The second kappa shape index (κ2) is 4.84. The molecular formula is C13H22N2S. The zero-order valence-corrected chi connectivity index (χ0v) is 11.4. The maximum Gasteiger partial charge on any atom is 0.0897 e.